The van der Waals surface area contributed by atoms with E-state index >= 15 is 0 Å². The molecule has 1 saturated heterocycles. The van der Waals surface area contributed by atoms with Crippen LogP contribution in [-0.4, -0.2) is 48.7 Å². The highest BCUT2D eigenvalue weighted by molar-refractivity contribution is 5.90. The molecule has 3 N–H and O–H groups in total. The molecule has 4 rings (SSSR count). The molecule has 0 bridgehead atoms. The summed E-state index contributed by atoms with van der Waals surface area (Å²) < 4.78 is 8.61. The number of hydrogen-bond acceptors (Lipinski definition) is 3. The highest BCUT2D eigenvalue weighted by Gasteiger charge is 2.29. The van der Waals surface area contributed by atoms with E-state index in [0.29, 0.717) is 19.6 Å². The summed E-state index contributed by atoms with van der Waals surface area (Å²) in [4.78, 5) is 27.5. The topological polar surface area (TPSA) is 84.4 Å². The van der Waals surface area contributed by atoms with Gasteiger partial charge in [-0.3, -0.25) is 4.79 Å². The second-order valence-corrected chi connectivity index (χ2v) is 7.76. The van der Waals surface area contributed by atoms with Crippen LogP contribution in [0.25, 0.3) is 0 Å². The Balaban J connectivity index is 1.54. The number of benzene rings is 2. The number of aromatic nitrogens is 3. The Morgan fingerprint density at radius 3 is 2.35 bits per heavy atom. The predicted octanol–water partition coefficient (Wildman–Crippen LogP) is -0.643. The van der Waals surface area contributed by atoms with Crippen molar-refractivity contribution in [2.24, 2.45) is 0 Å². The molecule has 0 unspecified atom stereocenters. The lowest BCUT2D eigenvalue weighted by Crippen LogP contribution is -3.14. The number of amides is 1. The molecule has 2 aromatic carbocycles. The molecular formula is C23H29N5O3+2. The molecule has 3 aromatic rings. The first-order valence-electron chi connectivity index (χ1n) is 10.7. The number of carbonyl (C=O) groups excluding carboxylic acids is 1. The summed E-state index contributed by atoms with van der Waals surface area (Å²) in [6.45, 7) is 5.49. The third-order valence-corrected chi connectivity index (χ3v) is 5.54. The summed E-state index contributed by atoms with van der Waals surface area (Å²) >= 11 is 0. The van der Waals surface area contributed by atoms with E-state index in [1.807, 2.05) is 60.7 Å². The lowest BCUT2D eigenvalue weighted by atomic mass is 10.2. The second kappa shape index (κ2) is 10.2. The maximum absolute atomic E-state index is 13.1. The van der Waals surface area contributed by atoms with Crippen LogP contribution in [-0.2, 0) is 24.4 Å². The largest absolute Gasteiger partial charge is 0.406 e. The molecule has 1 aliphatic rings. The van der Waals surface area contributed by atoms with Gasteiger partial charge in [0.2, 0.25) is 0 Å². The van der Waals surface area contributed by atoms with Crippen molar-refractivity contribution in [3.8, 4) is 0 Å². The number of hydrogen-bond donors (Lipinski definition) is 3. The van der Waals surface area contributed by atoms with Crippen LogP contribution in [0.2, 0.25) is 0 Å². The smallest absolute Gasteiger partial charge is 0.370 e. The lowest BCUT2D eigenvalue weighted by Gasteiger charge is -2.22. The molecule has 8 heteroatoms. The molecule has 1 aromatic heterocycles. The minimum Gasteiger partial charge on any atom is -0.370 e. The van der Waals surface area contributed by atoms with Crippen molar-refractivity contribution in [1.82, 2.24) is 15.2 Å². The molecule has 1 fully saturated rings. The maximum Gasteiger partial charge on any atom is 0.406 e. The van der Waals surface area contributed by atoms with E-state index < -0.39 is 0 Å². The van der Waals surface area contributed by atoms with Gasteiger partial charge >= 0.3 is 17.2 Å². The van der Waals surface area contributed by atoms with E-state index in [1.165, 1.54) is 9.58 Å². The minimum absolute atomic E-state index is 0.138. The van der Waals surface area contributed by atoms with Gasteiger partial charge in [-0.1, -0.05) is 65.9 Å². The first-order valence-corrected chi connectivity index (χ1v) is 10.7. The van der Waals surface area contributed by atoms with Gasteiger partial charge in [-0.25, -0.2) is 4.79 Å². The number of nitrogens with one attached hydrogen (secondary N) is 3. The zero-order valence-corrected chi connectivity index (χ0v) is 17.5. The number of ether oxygens (including phenoxy) is 1. The van der Waals surface area contributed by atoms with Crippen molar-refractivity contribution in [3.63, 3.8) is 0 Å². The summed E-state index contributed by atoms with van der Waals surface area (Å²) in [7, 11) is 0. The van der Waals surface area contributed by atoms with Crippen molar-refractivity contribution >= 4 is 5.91 Å². The number of quaternary nitrogens is 1. The van der Waals surface area contributed by atoms with Gasteiger partial charge in [0.1, 0.15) is 26.2 Å². The zero-order chi connectivity index (χ0) is 21.5. The van der Waals surface area contributed by atoms with Crippen molar-refractivity contribution in [3.05, 3.63) is 87.8 Å². The summed E-state index contributed by atoms with van der Waals surface area (Å²) in [5.41, 5.74) is 1.80. The molecule has 2 heterocycles. The van der Waals surface area contributed by atoms with Crippen LogP contribution >= 0.6 is 0 Å². The standard InChI is InChI=1S/C23H27N5O3/c29-22(24-17-19-7-3-1-4-8-19)21-23(30)28(18-20-9-5-2-6-10-20)25-27(21)12-11-26-13-15-31-16-14-26/h1-10H,11-18H2,(H-,24,25,29,30)/p+2. The van der Waals surface area contributed by atoms with E-state index in [1.54, 1.807) is 4.68 Å². The average molecular weight is 424 g/mol. The van der Waals surface area contributed by atoms with Crippen LogP contribution in [0.4, 0.5) is 0 Å². The van der Waals surface area contributed by atoms with Crippen LogP contribution < -0.4 is 20.5 Å². The number of morpholine rings is 1. The van der Waals surface area contributed by atoms with Crippen molar-refractivity contribution in [1.29, 1.82) is 0 Å². The number of aromatic amines is 1. The highest BCUT2D eigenvalue weighted by atomic mass is 16.5. The summed E-state index contributed by atoms with van der Waals surface area (Å²) in [5, 5.41) is 6.02. The third kappa shape index (κ3) is 5.48. The van der Waals surface area contributed by atoms with Gasteiger partial charge in [-0.05, 0) is 11.1 Å². The molecule has 0 saturated carbocycles. The first-order chi connectivity index (χ1) is 15.2. The molecular weight excluding hydrogens is 394 g/mol. The molecule has 0 aliphatic carbocycles. The van der Waals surface area contributed by atoms with Crippen molar-refractivity contribution in [2.75, 3.05) is 32.8 Å². The summed E-state index contributed by atoms with van der Waals surface area (Å²) in [5.74, 6) is -0.367. The van der Waals surface area contributed by atoms with Crippen molar-refractivity contribution < 1.29 is 19.1 Å². The van der Waals surface area contributed by atoms with E-state index in [-0.39, 0.29) is 17.2 Å². The quantitative estimate of drug-likeness (QED) is 0.422. The van der Waals surface area contributed by atoms with Gasteiger partial charge in [0.25, 0.3) is 0 Å². The van der Waals surface area contributed by atoms with Crippen LogP contribution in [0.1, 0.15) is 21.6 Å². The van der Waals surface area contributed by atoms with Gasteiger partial charge in [-0.2, -0.15) is 0 Å². The molecule has 8 nitrogen and oxygen atoms in total. The molecule has 0 spiro atoms. The fourth-order valence-corrected chi connectivity index (χ4v) is 3.78. The summed E-state index contributed by atoms with van der Waals surface area (Å²) in [6.07, 6.45) is 0. The Morgan fingerprint density at radius 2 is 1.68 bits per heavy atom. The highest BCUT2D eigenvalue weighted by Crippen LogP contribution is 2.00. The van der Waals surface area contributed by atoms with Crippen LogP contribution in [0, 0.1) is 0 Å². The lowest BCUT2D eigenvalue weighted by molar-refractivity contribution is -0.931. The Labute approximate surface area is 181 Å². The average Bonchev–Trinajstić information content (AvgIpc) is 3.13. The van der Waals surface area contributed by atoms with Gasteiger partial charge in [0.15, 0.2) is 6.54 Å². The molecule has 0 radical (unpaired) electrons. The van der Waals surface area contributed by atoms with E-state index in [9.17, 15) is 9.59 Å². The van der Waals surface area contributed by atoms with Gasteiger partial charge in [0, 0.05) is 6.54 Å². The number of rotatable bonds is 8. The Kier molecular flexibility index (Phi) is 6.91. The fraction of sp³-hybridized carbons (Fsp3) is 0.348. The van der Waals surface area contributed by atoms with E-state index in [0.717, 1.165) is 44.0 Å². The Morgan fingerprint density at radius 1 is 1.03 bits per heavy atom. The van der Waals surface area contributed by atoms with Crippen LogP contribution in [0.3, 0.4) is 0 Å². The Bertz CT molecular complexity index is 1040. The second-order valence-electron chi connectivity index (χ2n) is 7.76. The molecule has 162 valence electrons. The molecule has 1 amide bonds. The SMILES string of the molecule is O=C(NCc1ccccc1)c1c(=O)n(Cc2ccccc2)[nH][n+]1CC[NH+]1CCOCC1. The normalized spacial score (nSPS) is 14.5. The number of nitrogens with zero attached hydrogens (tertiary/aromatic N) is 2. The van der Waals surface area contributed by atoms with Gasteiger partial charge in [-0.15, -0.1) is 9.36 Å². The van der Waals surface area contributed by atoms with Crippen molar-refractivity contribution in [2.45, 2.75) is 19.6 Å². The monoisotopic (exact) mass is 423 g/mol. The number of H-pyrrole nitrogens is 1. The van der Waals surface area contributed by atoms with Gasteiger partial charge in [0.05, 0.1) is 13.2 Å². The fourth-order valence-electron chi connectivity index (χ4n) is 3.78. The van der Waals surface area contributed by atoms with Crippen LogP contribution in [0.5, 0.6) is 0 Å². The van der Waals surface area contributed by atoms with Gasteiger partial charge < -0.3 is 15.0 Å². The molecule has 0 atom stereocenters. The summed E-state index contributed by atoms with van der Waals surface area (Å²) in [6, 6.07) is 19.4. The van der Waals surface area contributed by atoms with Crippen LogP contribution in [0.15, 0.2) is 65.5 Å². The third-order valence-electron chi connectivity index (χ3n) is 5.54. The minimum atomic E-state index is -0.367. The Hall–Kier alpha value is -3.23. The predicted molar refractivity (Wildman–Crippen MR) is 115 cm³/mol. The molecule has 31 heavy (non-hydrogen) atoms. The molecule has 1 aliphatic heterocycles. The first kappa shape index (κ1) is 21.0. The number of carbonyl (C=O) groups is 1. The van der Waals surface area contributed by atoms with E-state index in [4.69, 9.17) is 4.74 Å². The van der Waals surface area contributed by atoms with E-state index in [2.05, 4.69) is 10.5 Å². The zero-order valence-electron chi connectivity index (χ0n) is 17.5. The maximum atomic E-state index is 13.1.